The maximum absolute atomic E-state index is 13.4. The van der Waals surface area contributed by atoms with E-state index in [2.05, 4.69) is 6.08 Å². The second-order valence-corrected chi connectivity index (χ2v) is 10.9. The van der Waals surface area contributed by atoms with Gasteiger partial charge in [0, 0.05) is 25.3 Å². The summed E-state index contributed by atoms with van der Waals surface area (Å²) in [5, 5.41) is 11.2. The predicted octanol–water partition coefficient (Wildman–Crippen LogP) is 7.61. The number of hydrogen-bond acceptors (Lipinski definition) is 7. The van der Waals surface area contributed by atoms with Gasteiger partial charge >= 0.3 is 5.97 Å². The Labute approximate surface area is 254 Å². The van der Waals surface area contributed by atoms with Crippen LogP contribution in [0, 0.1) is 0 Å². The van der Waals surface area contributed by atoms with Crippen molar-refractivity contribution in [3.63, 3.8) is 0 Å². The maximum atomic E-state index is 13.4. The summed E-state index contributed by atoms with van der Waals surface area (Å²) in [4.78, 5) is 28.1. The van der Waals surface area contributed by atoms with E-state index in [1.54, 1.807) is 49.6 Å². The molecule has 43 heavy (non-hydrogen) atoms. The van der Waals surface area contributed by atoms with Crippen LogP contribution in [0.2, 0.25) is 0 Å². The van der Waals surface area contributed by atoms with Crippen molar-refractivity contribution in [3.05, 3.63) is 106 Å². The number of ketones is 1. The van der Waals surface area contributed by atoms with Crippen LogP contribution in [0.5, 0.6) is 23.0 Å². The molecular formula is C36H41NO6. The van der Waals surface area contributed by atoms with Gasteiger partial charge in [-0.2, -0.15) is 0 Å². The molecule has 1 N–H and O–H groups in total. The Hall–Kier alpha value is -4.78. The lowest BCUT2D eigenvalue weighted by Gasteiger charge is -2.17. The summed E-state index contributed by atoms with van der Waals surface area (Å²) in [6, 6.07) is 13.8. The molecule has 226 valence electrons. The van der Waals surface area contributed by atoms with Gasteiger partial charge in [0.25, 0.3) is 0 Å². The number of rotatable bonds is 12. The Bertz CT molecular complexity index is 1550. The highest BCUT2D eigenvalue weighted by Crippen LogP contribution is 2.37. The topological polar surface area (TPSA) is 85.3 Å². The molecule has 0 saturated carbocycles. The Morgan fingerprint density at radius 1 is 0.837 bits per heavy atom. The van der Waals surface area contributed by atoms with Gasteiger partial charge < -0.3 is 24.2 Å². The minimum absolute atomic E-state index is 0.0941. The fourth-order valence-electron chi connectivity index (χ4n) is 4.36. The van der Waals surface area contributed by atoms with Crippen LogP contribution in [-0.4, -0.2) is 45.2 Å². The fourth-order valence-corrected chi connectivity index (χ4v) is 4.36. The van der Waals surface area contributed by atoms with Crippen molar-refractivity contribution in [2.75, 3.05) is 33.2 Å². The summed E-state index contributed by atoms with van der Waals surface area (Å²) < 4.78 is 16.8. The summed E-state index contributed by atoms with van der Waals surface area (Å²) >= 11 is 0. The molecule has 3 rings (SSSR count). The van der Waals surface area contributed by atoms with E-state index in [9.17, 15) is 14.7 Å². The minimum Gasteiger partial charge on any atom is -0.507 e. The molecule has 3 aromatic carbocycles. The summed E-state index contributed by atoms with van der Waals surface area (Å²) in [5.41, 5.74) is 5.86. The van der Waals surface area contributed by atoms with Crippen LogP contribution in [0.15, 0.2) is 77.9 Å². The first kappa shape index (κ1) is 32.7. The van der Waals surface area contributed by atoms with E-state index in [0.29, 0.717) is 41.0 Å². The number of nitrogens with zero attached hydrogens (tertiary/aromatic N) is 1. The number of hydrogen-bond donors (Lipinski definition) is 1. The van der Waals surface area contributed by atoms with E-state index < -0.39 is 5.97 Å². The number of methoxy groups -OCH3 is 2. The lowest BCUT2D eigenvalue weighted by molar-refractivity contribution is 0.0729. The summed E-state index contributed by atoms with van der Waals surface area (Å²) in [7, 11) is 6.90. The third-order valence-electron chi connectivity index (χ3n) is 6.78. The number of allylic oxidation sites excluding steroid dienone is 5. The molecule has 0 aliphatic rings. The van der Waals surface area contributed by atoms with Gasteiger partial charge in [-0.05, 0) is 100 Å². The van der Waals surface area contributed by atoms with E-state index in [0.717, 1.165) is 22.4 Å². The van der Waals surface area contributed by atoms with Gasteiger partial charge in [-0.15, -0.1) is 0 Å². The van der Waals surface area contributed by atoms with Gasteiger partial charge in [-0.25, -0.2) is 4.79 Å². The normalized spacial score (nSPS) is 10.7. The van der Waals surface area contributed by atoms with Crippen LogP contribution in [0.3, 0.4) is 0 Å². The number of phenolic OH excluding ortho intramolecular Hbond substituents is 1. The number of ether oxygens (including phenoxy) is 3. The van der Waals surface area contributed by atoms with Gasteiger partial charge in [-0.1, -0.05) is 35.4 Å². The molecular weight excluding hydrogens is 542 g/mol. The average molecular weight is 584 g/mol. The maximum Gasteiger partial charge on any atom is 0.343 e. The number of benzene rings is 3. The molecule has 0 bridgehead atoms. The Morgan fingerprint density at radius 3 is 2.07 bits per heavy atom. The Balaban J connectivity index is 1.89. The van der Waals surface area contributed by atoms with Crippen molar-refractivity contribution in [1.29, 1.82) is 0 Å². The van der Waals surface area contributed by atoms with Crippen molar-refractivity contribution >= 4 is 23.5 Å². The molecule has 0 atom stereocenters. The van der Waals surface area contributed by atoms with Gasteiger partial charge in [-0.3, -0.25) is 4.79 Å². The molecule has 0 radical (unpaired) electrons. The number of aromatic hydroxyl groups is 1. The van der Waals surface area contributed by atoms with E-state index >= 15 is 0 Å². The summed E-state index contributed by atoms with van der Waals surface area (Å²) in [6.45, 7) is 7.98. The third-order valence-corrected chi connectivity index (χ3v) is 6.78. The summed E-state index contributed by atoms with van der Waals surface area (Å²) in [6.07, 6.45) is 8.08. The van der Waals surface area contributed by atoms with Crippen LogP contribution in [0.1, 0.15) is 65.1 Å². The number of esters is 1. The molecule has 0 aliphatic carbocycles. The van der Waals surface area contributed by atoms with E-state index in [1.165, 1.54) is 13.2 Å². The van der Waals surface area contributed by atoms with Crippen molar-refractivity contribution < 1.29 is 28.9 Å². The molecule has 0 fully saturated rings. The van der Waals surface area contributed by atoms with E-state index in [1.807, 2.05) is 64.9 Å². The van der Waals surface area contributed by atoms with Gasteiger partial charge in [0.2, 0.25) is 0 Å². The first-order valence-electron chi connectivity index (χ1n) is 14.0. The molecule has 0 aromatic heterocycles. The van der Waals surface area contributed by atoms with Crippen LogP contribution >= 0.6 is 0 Å². The first-order chi connectivity index (χ1) is 20.4. The zero-order chi connectivity index (χ0) is 31.7. The van der Waals surface area contributed by atoms with Crippen molar-refractivity contribution in [2.45, 2.75) is 40.5 Å². The van der Waals surface area contributed by atoms with E-state index in [-0.39, 0.29) is 22.8 Å². The molecule has 7 nitrogen and oxygen atoms in total. The SMILES string of the molecule is COc1cc(/C=C/C(=O)c2cc(CC=C(C)C)c(OC)c(CC=C(C)C)c2O)ccc1OC(=O)c1ccc(N(C)C)cc1. The third kappa shape index (κ3) is 8.61. The molecule has 0 unspecified atom stereocenters. The molecule has 3 aromatic rings. The highest BCUT2D eigenvalue weighted by atomic mass is 16.6. The number of carbonyl (C=O) groups excluding carboxylic acids is 2. The smallest absolute Gasteiger partial charge is 0.343 e. The van der Waals surface area contributed by atoms with Gasteiger partial charge in [0.1, 0.15) is 11.5 Å². The zero-order valence-electron chi connectivity index (χ0n) is 26.3. The largest absolute Gasteiger partial charge is 0.507 e. The zero-order valence-corrected chi connectivity index (χ0v) is 26.3. The second-order valence-electron chi connectivity index (χ2n) is 10.9. The van der Waals surface area contributed by atoms with Crippen molar-refractivity contribution in [3.8, 4) is 23.0 Å². The molecule has 7 heteroatoms. The van der Waals surface area contributed by atoms with Crippen LogP contribution in [0.4, 0.5) is 5.69 Å². The Kier molecular flexibility index (Phi) is 11.4. The number of phenols is 1. The van der Waals surface area contributed by atoms with Crippen LogP contribution in [-0.2, 0) is 12.8 Å². The van der Waals surface area contributed by atoms with Crippen molar-refractivity contribution in [1.82, 2.24) is 0 Å². The average Bonchev–Trinajstić information content (AvgIpc) is 2.98. The molecule has 0 heterocycles. The highest BCUT2D eigenvalue weighted by Gasteiger charge is 2.21. The molecule has 0 amide bonds. The highest BCUT2D eigenvalue weighted by molar-refractivity contribution is 6.09. The fraction of sp³-hybridized carbons (Fsp3) is 0.278. The van der Waals surface area contributed by atoms with Crippen LogP contribution < -0.4 is 19.1 Å². The van der Waals surface area contributed by atoms with Crippen molar-refractivity contribution in [2.24, 2.45) is 0 Å². The standard InChI is InChI=1S/C36H41NO6/c1-23(2)9-13-27-22-30(34(39)29(35(27)42-8)18-10-24(3)4)31(38)19-11-25-12-20-32(33(21-25)41-7)43-36(40)26-14-16-28(17-15-26)37(5)6/h9-12,14-17,19-22,39H,13,18H2,1-8H3/b19-11+. The van der Waals surface area contributed by atoms with Gasteiger partial charge in [0.15, 0.2) is 17.3 Å². The molecule has 0 aliphatic heterocycles. The van der Waals surface area contributed by atoms with E-state index in [4.69, 9.17) is 14.2 Å². The lowest BCUT2D eigenvalue weighted by Crippen LogP contribution is -2.11. The monoisotopic (exact) mass is 583 g/mol. The van der Waals surface area contributed by atoms with Crippen LogP contribution in [0.25, 0.3) is 6.08 Å². The molecule has 0 saturated heterocycles. The summed E-state index contributed by atoms with van der Waals surface area (Å²) in [5.74, 6) is 0.221. The van der Waals surface area contributed by atoms with Gasteiger partial charge in [0.05, 0.1) is 25.3 Å². The number of carbonyl (C=O) groups is 2. The molecule has 0 spiro atoms. The Morgan fingerprint density at radius 2 is 1.49 bits per heavy atom. The number of anilines is 1. The predicted molar refractivity (Wildman–Crippen MR) is 173 cm³/mol. The minimum atomic E-state index is -0.509. The first-order valence-corrected chi connectivity index (χ1v) is 14.0. The quantitative estimate of drug-likeness (QED) is 0.0772. The lowest BCUT2D eigenvalue weighted by atomic mass is 9.94. The second kappa shape index (κ2) is 14.9.